The topological polar surface area (TPSA) is 35.6 Å². The van der Waals surface area contributed by atoms with E-state index in [2.05, 4.69) is 191 Å². The smallest absolute Gasteiger partial charge is 0.0674 e. The molecule has 4 aromatic heterocycles. The molecule has 0 radical (unpaired) electrons. The second kappa shape index (κ2) is 13.3. The maximum absolute atomic E-state index is 4.64. The molecule has 1 aliphatic rings. The van der Waals surface area contributed by atoms with Crippen LogP contribution >= 0.6 is 0 Å². The first-order valence-electron chi connectivity index (χ1n) is 21.6. The highest BCUT2D eigenvalue weighted by molar-refractivity contribution is 6.14. The van der Waals surface area contributed by atoms with Crippen molar-refractivity contribution in [2.75, 3.05) is 0 Å². The van der Waals surface area contributed by atoms with Crippen molar-refractivity contribution < 1.29 is 0 Å². The van der Waals surface area contributed by atoms with Crippen LogP contribution in [0.3, 0.4) is 0 Å². The van der Waals surface area contributed by atoms with Crippen molar-refractivity contribution in [3.05, 3.63) is 205 Å². The average Bonchev–Trinajstić information content (AvgIpc) is 3.80. The van der Waals surface area contributed by atoms with E-state index in [0.717, 1.165) is 24.2 Å². The maximum atomic E-state index is 4.64. The number of fused-ring (bicyclic) bond motifs is 11. The lowest BCUT2D eigenvalue weighted by atomic mass is 9.84. The van der Waals surface area contributed by atoms with Gasteiger partial charge < -0.3 is 9.13 Å². The number of rotatable bonds is 4. The van der Waals surface area contributed by atoms with Crippen LogP contribution in [0.15, 0.2) is 183 Å². The third-order valence-corrected chi connectivity index (χ3v) is 13.6. The summed E-state index contributed by atoms with van der Waals surface area (Å²) in [5.74, 6) is 0. The van der Waals surface area contributed by atoms with E-state index < -0.39 is 0 Å². The van der Waals surface area contributed by atoms with Gasteiger partial charge in [-0.05, 0) is 177 Å². The van der Waals surface area contributed by atoms with E-state index in [4.69, 9.17) is 0 Å². The number of benzene rings is 8. The fourth-order valence-corrected chi connectivity index (χ4v) is 10.4. The lowest BCUT2D eigenvalue weighted by Gasteiger charge is -2.22. The van der Waals surface area contributed by atoms with Crippen molar-refractivity contribution in [2.24, 2.45) is 0 Å². The van der Waals surface area contributed by atoms with Gasteiger partial charge in [-0.25, -0.2) is 0 Å². The Morgan fingerprint density at radius 2 is 0.774 bits per heavy atom. The van der Waals surface area contributed by atoms with Gasteiger partial charge in [0, 0.05) is 33.9 Å². The molecule has 0 atom stereocenters. The summed E-state index contributed by atoms with van der Waals surface area (Å²) in [6.45, 7) is 4.38. The van der Waals surface area contributed by atoms with Gasteiger partial charge in [0.2, 0.25) is 0 Å². The summed E-state index contributed by atoms with van der Waals surface area (Å²) in [7, 11) is 0. The number of hydrogen-bond acceptors (Lipinski definition) is 2. The molecule has 0 fully saturated rings. The molecule has 0 saturated heterocycles. The molecular weight excluding hydrogens is 753 g/mol. The van der Waals surface area contributed by atoms with Gasteiger partial charge in [-0.1, -0.05) is 84.9 Å². The second-order valence-electron chi connectivity index (χ2n) is 17.1. The molecule has 0 unspecified atom stereocenters. The third kappa shape index (κ3) is 5.26. The van der Waals surface area contributed by atoms with Gasteiger partial charge >= 0.3 is 0 Å². The molecule has 12 aromatic rings. The van der Waals surface area contributed by atoms with Crippen molar-refractivity contribution >= 4 is 65.2 Å². The molecule has 0 aliphatic heterocycles. The number of nitrogens with zero attached hydrogens (tertiary/aromatic N) is 4. The Bertz CT molecular complexity index is 3590. The molecule has 0 bridgehead atoms. The van der Waals surface area contributed by atoms with Gasteiger partial charge in [0.25, 0.3) is 0 Å². The molecule has 0 amide bonds. The first kappa shape index (κ1) is 35.0. The monoisotopic (exact) mass is 792 g/mol. The molecule has 8 aromatic carbocycles. The Kier molecular flexibility index (Phi) is 7.53. The highest BCUT2D eigenvalue weighted by Crippen LogP contribution is 2.45. The van der Waals surface area contributed by atoms with Crippen LogP contribution in [0.4, 0.5) is 0 Å². The molecule has 62 heavy (non-hydrogen) atoms. The minimum Gasteiger partial charge on any atom is -0.307 e. The van der Waals surface area contributed by atoms with E-state index in [1.165, 1.54) is 121 Å². The maximum Gasteiger partial charge on any atom is 0.0674 e. The first-order chi connectivity index (χ1) is 30.5. The number of pyridine rings is 2. The van der Waals surface area contributed by atoms with E-state index >= 15 is 0 Å². The van der Waals surface area contributed by atoms with Crippen molar-refractivity contribution in [3.8, 4) is 44.8 Å². The predicted octanol–water partition coefficient (Wildman–Crippen LogP) is 14.7. The van der Waals surface area contributed by atoms with E-state index in [1.54, 1.807) is 0 Å². The van der Waals surface area contributed by atoms with Gasteiger partial charge in [0.05, 0.1) is 45.8 Å². The van der Waals surface area contributed by atoms with E-state index in [1.807, 2.05) is 24.8 Å². The van der Waals surface area contributed by atoms with Crippen molar-refractivity contribution in [1.82, 2.24) is 19.1 Å². The summed E-state index contributed by atoms with van der Waals surface area (Å²) in [5, 5.41) is 10.1. The van der Waals surface area contributed by atoms with E-state index in [-0.39, 0.29) is 0 Å². The summed E-state index contributed by atoms with van der Waals surface area (Å²) in [6, 6.07) is 59.0. The normalized spacial score (nSPS) is 12.5. The largest absolute Gasteiger partial charge is 0.307 e. The second-order valence-corrected chi connectivity index (χ2v) is 17.1. The third-order valence-electron chi connectivity index (χ3n) is 13.6. The van der Waals surface area contributed by atoms with Crippen molar-refractivity contribution in [2.45, 2.75) is 26.7 Å². The fraction of sp³-hybridized carbons (Fsp3) is 0.0690. The van der Waals surface area contributed by atoms with Crippen LogP contribution in [0, 0.1) is 13.8 Å². The van der Waals surface area contributed by atoms with Gasteiger partial charge in [0.15, 0.2) is 0 Å². The van der Waals surface area contributed by atoms with Gasteiger partial charge in [0.1, 0.15) is 0 Å². The zero-order valence-corrected chi connectivity index (χ0v) is 34.5. The average molecular weight is 793 g/mol. The highest BCUT2D eigenvalue weighted by Gasteiger charge is 2.25. The Morgan fingerprint density at radius 1 is 0.371 bits per heavy atom. The molecular formula is C58H40N4. The lowest BCUT2D eigenvalue weighted by molar-refractivity contribution is 0.945. The Morgan fingerprint density at radius 3 is 1.23 bits per heavy atom. The van der Waals surface area contributed by atoms with Crippen LogP contribution in [0.2, 0.25) is 0 Å². The summed E-state index contributed by atoms with van der Waals surface area (Å²) in [6.07, 6.45) is 9.78. The minimum absolute atomic E-state index is 0.982. The highest BCUT2D eigenvalue weighted by atomic mass is 15.0. The fourth-order valence-electron chi connectivity index (χ4n) is 10.4. The first-order valence-corrected chi connectivity index (χ1v) is 21.6. The van der Waals surface area contributed by atoms with Gasteiger partial charge in [-0.2, -0.15) is 0 Å². The Balaban J connectivity index is 1.04. The predicted molar refractivity (Wildman–Crippen MR) is 259 cm³/mol. The lowest BCUT2D eigenvalue weighted by Crippen LogP contribution is -2.05. The van der Waals surface area contributed by atoms with Crippen LogP contribution in [-0.2, 0) is 12.8 Å². The summed E-state index contributed by atoms with van der Waals surface area (Å²) in [5.41, 5.74) is 19.6. The number of hydrogen-bond donors (Lipinski definition) is 0. The molecule has 292 valence electrons. The van der Waals surface area contributed by atoms with E-state index in [0.29, 0.717) is 0 Å². The van der Waals surface area contributed by atoms with Gasteiger partial charge in [-0.15, -0.1) is 0 Å². The van der Waals surface area contributed by atoms with Crippen LogP contribution in [0.25, 0.3) is 110 Å². The summed E-state index contributed by atoms with van der Waals surface area (Å²) >= 11 is 0. The molecule has 0 spiro atoms. The number of aromatic nitrogens is 4. The molecule has 4 nitrogen and oxygen atoms in total. The zero-order chi connectivity index (χ0) is 41.1. The van der Waals surface area contributed by atoms with Crippen LogP contribution in [0.5, 0.6) is 0 Å². The van der Waals surface area contributed by atoms with Crippen LogP contribution in [0.1, 0.15) is 22.3 Å². The molecule has 0 saturated carbocycles. The molecule has 4 heteroatoms. The zero-order valence-electron chi connectivity index (χ0n) is 34.5. The standard InChI is InChI=1S/C58H40N4/c1-35-21-23-59-33-57(35)61-53-19-17-43(41-13-11-37-7-3-5-9-39(37)25-41)27-49(53)51-29-45-15-16-46-30-52-50-28-44(42-14-12-38-8-4-6-10-40(38)26-42)18-20-54(50)62(58-34-60-24-22-36(58)2)56(52)32-48(46)47(45)31-55(51)61/h3-14,17-34H,15-16H2,1-2H3. The van der Waals surface area contributed by atoms with Crippen LogP contribution in [-0.4, -0.2) is 19.1 Å². The Hall–Kier alpha value is -7.82. The molecule has 0 N–H and O–H groups in total. The number of aryl methyl sites for hydroxylation is 4. The molecule has 4 heterocycles. The van der Waals surface area contributed by atoms with Gasteiger partial charge in [-0.3, -0.25) is 9.97 Å². The van der Waals surface area contributed by atoms with Crippen molar-refractivity contribution in [1.29, 1.82) is 0 Å². The molecule has 1 aliphatic carbocycles. The van der Waals surface area contributed by atoms with Crippen LogP contribution < -0.4 is 0 Å². The SMILES string of the molecule is Cc1ccncc1-n1c2ccc(-c3ccc4ccccc4c3)cc2c2cc3c(cc21)-c1cc2c(cc1CC3)c1cc(-c3ccc4ccccc4c3)ccc1n2-c1cnccc1C. The summed E-state index contributed by atoms with van der Waals surface area (Å²) < 4.78 is 4.88. The van der Waals surface area contributed by atoms with Crippen molar-refractivity contribution in [3.63, 3.8) is 0 Å². The van der Waals surface area contributed by atoms with E-state index in [9.17, 15) is 0 Å². The summed E-state index contributed by atoms with van der Waals surface area (Å²) in [4.78, 5) is 9.29. The Labute approximate surface area is 359 Å². The quantitative estimate of drug-likeness (QED) is 0.178. The minimum atomic E-state index is 0.982. The molecule has 13 rings (SSSR count).